The maximum Gasteiger partial charge on any atom is 0.338 e. The minimum atomic E-state index is -0.347. The largest absolute Gasteiger partial charge is 0.462 e. The summed E-state index contributed by atoms with van der Waals surface area (Å²) in [7, 11) is 0. The Labute approximate surface area is 189 Å². The molecule has 1 aromatic heterocycles. The number of hydrogen-bond acceptors (Lipinski definition) is 4. The standard InChI is InChI=1S/C26H31N3O3/c1-5-32-26(31)20-10-12-23(13-11-20)29-18(3)14-21(19(29)4)15-22(16-27)25(30)28-24-9-7-6-8-17(24)2/h10-15,17,24H,5-9H2,1-4H3,(H,28,30)/b22-15+/t17-,24-/m0/s1. The highest BCUT2D eigenvalue weighted by Gasteiger charge is 2.24. The van der Waals surface area contributed by atoms with E-state index in [1.165, 1.54) is 6.42 Å². The Morgan fingerprint density at radius 1 is 1.22 bits per heavy atom. The lowest BCUT2D eigenvalue weighted by Gasteiger charge is -2.29. The smallest absolute Gasteiger partial charge is 0.338 e. The highest BCUT2D eigenvalue weighted by molar-refractivity contribution is 6.02. The molecular weight excluding hydrogens is 402 g/mol. The van der Waals surface area contributed by atoms with Crippen LogP contribution in [0.2, 0.25) is 0 Å². The third kappa shape index (κ3) is 5.11. The Hall–Kier alpha value is -3.33. The molecule has 0 radical (unpaired) electrons. The fraction of sp³-hybridized carbons (Fsp3) is 0.423. The Morgan fingerprint density at radius 2 is 1.91 bits per heavy atom. The van der Waals surface area contributed by atoms with E-state index in [4.69, 9.17) is 4.74 Å². The van der Waals surface area contributed by atoms with Gasteiger partial charge < -0.3 is 14.6 Å². The van der Waals surface area contributed by atoms with Crippen molar-refractivity contribution in [2.24, 2.45) is 5.92 Å². The zero-order chi connectivity index (χ0) is 23.3. The Morgan fingerprint density at radius 3 is 2.53 bits per heavy atom. The van der Waals surface area contributed by atoms with Crippen molar-refractivity contribution in [3.63, 3.8) is 0 Å². The molecule has 1 aliphatic rings. The van der Waals surface area contributed by atoms with Crippen molar-refractivity contribution >= 4 is 18.0 Å². The second-order valence-electron chi connectivity index (χ2n) is 8.44. The lowest BCUT2D eigenvalue weighted by molar-refractivity contribution is -0.118. The van der Waals surface area contributed by atoms with Gasteiger partial charge in [-0.1, -0.05) is 19.8 Å². The summed E-state index contributed by atoms with van der Waals surface area (Å²) in [6, 6.07) is 11.4. The molecule has 1 fully saturated rings. The van der Waals surface area contributed by atoms with Gasteiger partial charge in [-0.2, -0.15) is 5.26 Å². The van der Waals surface area contributed by atoms with E-state index in [2.05, 4.69) is 18.3 Å². The number of aromatic nitrogens is 1. The zero-order valence-electron chi connectivity index (χ0n) is 19.3. The molecule has 1 amide bonds. The second-order valence-corrected chi connectivity index (χ2v) is 8.44. The van der Waals surface area contributed by atoms with Crippen molar-refractivity contribution < 1.29 is 14.3 Å². The summed E-state index contributed by atoms with van der Waals surface area (Å²) in [6.07, 6.45) is 6.03. The van der Waals surface area contributed by atoms with Gasteiger partial charge in [-0.05, 0) is 81.5 Å². The molecule has 2 aromatic rings. The van der Waals surface area contributed by atoms with Crippen molar-refractivity contribution in [2.75, 3.05) is 6.61 Å². The number of benzene rings is 1. The SMILES string of the molecule is CCOC(=O)c1ccc(-n2c(C)cc(/C=C(\C#N)C(=O)N[C@H]3CCCC[C@@H]3C)c2C)cc1. The molecular formula is C26H31N3O3. The summed E-state index contributed by atoms with van der Waals surface area (Å²) in [4.78, 5) is 24.7. The van der Waals surface area contributed by atoms with E-state index in [9.17, 15) is 14.9 Å². The highest BCUT2D eigenvalue weighted by Crippen LogP contribution is 2.25. The van der Waals surface area contributed by atoms with Gasteiger partial charge in [-0.15, -0.1) is 0 Å². The molecule has 1 heterocycles. The number of hydrogen-bond donors (Lipinski definition) is 1. The van der Waals surface area contributed by atoms with Gasteiger partial charge in [0.25, 0.3) is 5.91 Å². The minimum Gasteiger partial charge on any atom is -0.462 e. The summed E-state index contributed by atoms with van der Waals surface area (Å²) < 4.78 is 7.08. The number of ether oxygens (including phenoxy) is 1. The average Bonchev–Trinajstić information content (AvgIpc) is 3.06. The van der Waals surface area contributed by atoms with E-state index in [-0.39, 0.29) is 23.5 Å². The molecule has 3 rings (SSSR count). The maximum absolute atomic E-state index is 12.8. The molecule has 168 valence electrons. The fourth-order valence-corrected chi connectivity index (χ4v) is 4.37. The molecule has 0 aliphatic heterocycles. The number of rotatable bonds is 6. The lowest BCUT2D eigenvalue weighted by atomic mass is 9.86. The zero-order valence-corrected chi connectivity index (χ0v) is 19.3. The van der Waals surface area contributed by atoms with Crippen LogP contribution < -0.4 is 5.32 Å². The molecule has 32 heavy (non-hydrogen) atoms. The highest BCUT2D eigenvalue weighted by atomic mass is 16.5. The van der Waals surface area contributed by atoms with Crippen molar-refractivity contribution in [1.29, 1.82) is 5.26 Å². The Kier molecular flexibility index (Phi) is 7.53. The monoisotopic (exact) mass is 433 g/mol. The molecule has 1 aliphatic carbocycles. The van der Waals surface area contributed by atoms with Crippen LogP contribution in [0.1, 0.15) is 66.8 Å². The molecule has 1 aromatic carbocycles. The van der Waals surface area contributed by atoms with E-state index in [0.29, 0.717) is 18.1 Å². The first-order valence-electron chi connectivity index (χ1n) is 11.2. The first-order valence-corrected chi connectivity index (χ1v) is 11.2. The molecule has 0 unspecified atom stereocenters. The first-order chi connectivity index (χ1) is 15.3. The molecule has 0 spiro atoms. The number of nitrogens with one attached hydrogen (secondary N) is 1. The van der Waals surface area contributed by atoms with Crippen LogP contribution in [0.4, 0.5) is 0 Å². The van der Waals surface area contributed by atoms with Crippen LogP contribution in [0.15, 0.2) is 35.9 Å². The van der Waals surface area contributed by atoms with Crippen molar-refractivity contribution in [2.45, 2.75) is 59.4 Å². The van der Waals surface area contributed by atoms with Crippen molar-refractivity contribution in [3.8, 4) is 11.8 Å². The fourth-order valence-electron chi connectivity index (χ4n) is 4.37. The molecule has 6 heteroatoms. The van der Waals surface area contributed by atoms with E-state index in [0.717, 1.165) is 41.9 Å². The van der Waals surface area contributed by atoms with Crippen LogP contribution in [-0.4, -0.2) is 29.1 Å². The average molecular weight is 434 g/mol. The predicted molar refractivity (Wildman–Crippen MR) is 124 cm³/mol. The van der Waals surface area contributed by atoms with E-state index >= 15 is 0 Å². The molecule has 1 saturated carbocycles. The lowest BCUT2D eigenvalue weighted by Crippen LogP contribution is -2.41. The van der Waals surface area contributed by atoms with E-state index in [1.807, 2.05) is 36.6 Å². The number of carbonyl (C=O) groups is 2. The van der Waals surface area contributed by atoms with Gasteiger partial charge in [0.15, 0.2) is 0 Å². The van der Waals surface area contributed by atoms with Crippen LogP contribution in [0.5, 0.6) is 0 Å². The molecule has 0 saturated heterocycles. The molecule has 2 atom stereocenters. The summed E-state index contributed by atoms with van der Waals surface area (Å²) in [5, 5.41) is 12.7. The van der Waals surface area contributed by atoms with Gasteiger partial charge in [0.2, 0.25) is 0 Å². The number of nitrogens with zero attached hydrogens (tertiary/aromatic N) is 2. The topological polar surface area (TPSA) is 84.1 Å². The van der Waals surface area contributed by atoms with Crippen molar-refractivity contribution in [1.82, 2.24) is 9.88 Å². The maximum atomic E-state index is 12.8. The van der Waals surface area contributed by atoms with Gasteiger partial charge in [-0.25, -0.2) is 4.79 Å². The number of carbonyl (C=O) groups excluding carboxylic acids is 2. The van der Waals surface area contributed by atoms with Crippen molar-refractivity contribution in [3.05, 3.63) is 58.4 Å². The van der Waals surface area contributed by atoms with E-state index < -0.39 is 0 Å². The minimum absolute atomic E-state index is 0.112. The number of amides is 1. The van der Waals surface area contributed by atoms with Gasteiger partial charge in [0.1, 0.15) is 11.6 Å². The summed E-state index contributed by atoms with van der Waals surface area (Å²) in [6.45, 7) is 8.19. The second kappa shape index (κ2) is 10.3. The van der Waals surface area contributed by atoms with Gasteiger partial charge in [0, 0.05) is 23.1 Å². The van der Waals surface area contributed by atoms with Crippen LogP contribution >= 0.6 is 0 Å². The molecule has 0 bridgehead atoms. The normalized spacial score (nSPS) is 18.7. The number of esters is 1. The van der Waals surface area contributed by atoms with E-state index in [1.54, 1.807) is 25.1 Å². The number of aryl methyl sites for hydroxylation is 1. The Bertz CT molecular complexity index is 1060. The summed E-state index contributed by atoms with van der Waals surface area (Å²) >= 11 is 0. The third-order valence-electron chi connectivity index (χ3n) is 6.20. The van der Waals surface area contributed by atoms with Gasteiger partial charge in [-0.3, -0.25) is 4.79 Å². The van der Waals surface area contributed by atoms with Crippen LogP contribution in [0.3, 0.4) is 0 Å². The number of nitriles is 1. The van der Waals surface area contributed by atoms with Crippen LogP contribution in [-0.2, 0) is 9.53 Å². The summed E-state index contributed by atoms with van der Waals surface area (Å²) in [5.74, 6) is -0.231. The Balaban J connectivity index is 1.84. The predicted octanol–water partition coefficient (Wildman–Crippen LogP) is 4.87. The van der Waals surface area contributed by atoms with Crippen LogP contribution in [0.25, 0.3) is 11.8 Å². The first kappa shape index (κ1) is 23.3. The molecule has 6 nitrogen and oxygen atoms in total. The quantitative estimate of drug-likeness (QED) is 0.400. The molecule has 1 N–H and O–H groups in total. The van der Waals surface area contributed by atoms with Crippen LogP contribution in [0, 0.1) is 31.1 Å². The van der Waals surface area contributed by atoms with Gasteiger partial charge in [0.05, 0.1) is 12.2 Å². The third-order valence-corrected chi connectivity index (χ3v) is 6.20. The summed E-state index contributed by atoms with van der Waals surface area (Å²) in [5.41, 5.74) is 4.21. The van der Waals surface area contributed by atoms with Gasteiger partial charge >= 0.3 is 5.97 Å².